The Bertz CT molecular complexity index is 229. The number of carboxylic acids is 1. The van der Waals surface area contributed by atoms with Crippen molar-refractivity contribution in [2.45, 2.75) is 31.7 Å². The third-order valence-corrected chi connectivity index (χ3v) is 1.91. The predicted molar refractivity (Wildman–Crippen MR) is 57.3 cm³/mol. The highest BCUT2D eigenvalue weighted by Gasteiger charge is 2.18. The summed E-state index contributed by atoms with van der Waals surface area (Å²) >= 11 is 0. The van der Waals surface area contributed by atoms with Crippen LogP contribution < -0.4 is 11.1 Å². The molecule has 5 nitrogen and oxygen atoms in total. The second kappa shape index (κ2) is 7.99. The zero-order valence-corrected chi connectivity index (χ0v) is 8.74. The molecule has 15 heavy (non-hydrogen) atoms. The lowest BCUT2D eigenvalue weighted by atomic mass is 10.1. The van der Waals surface area contributed by atoms with Gasteiger partial charge >= 0.3 is 5.97 Å². The Morgan fingerprint density at radius 3 is 2.67 bits per heavy atom. The lowest BCUT2D eigenvalue weighted by Crippen LogP contribution is -2.40. The van der Waals surface area contributed by atoms with Gasteiger partial charge in [0.2, 0.25) is 5.91 Å². The molecule has 1 atom stereocenters. The summed E-state index contributed by atoms with van der Waals surface area (Å²) in [5.41, 5.74) is 5.27. The maximum atomic E-state index is 11.2. The SMILES string of the molecule is C=CCCC(=O)N[C@@H](CCCN)C(=O)O. The first-order chi connectivity index (χ1) is 7.11. The first kappa shape index (κ1) is 13.6. The Balaban J connectivity index is 3.98. The van der Waals surface area contributed by atoms with Gasteiger partial charge in [-0.3, -0.25) is 4.79 Å². The van der Waals surface area contributed by atoms with Crippen molar-refractivity contribution in [2.75, 3.05) is 6.54 Å². The molecule has 0 aromatic carbocycles. The molecule has 4 N–H and O–H groups in total. The highest BCUT2D eigenvalue weighted by atomic mass is 16.4. The number of aliphatic carboxylic acids is 1. The largest absolute Gasteiger partial charge is 0.480 e. The summed E-state index contributed by atoms with van der Waals surface area (Å²) < 4.78 is 0. The van der Waals surface area contributed by atoms with E-state index >= 15 is 0 Å². The van der Waals surface area contributed by atoms with Gasteiger partial charge in [0.05, 0.1) is 0 Å². The molecule has 5 heteroatoms. The van der Waals surface area contributed by atoms with Gasteiger partial charge in [0.25, 0.3) is 0 Å². The fourth-order valence-electron chi connectivity index (χ4n) is 1.08. The number of nitrogens with two attached hydrogens (primary N) is 1. The van der Waals surface area contributed by atoms with Crippen molar-refractivity contribution in [1.29, 1.82) is 0 Å². The van der Waals surface area contributed by atoms with E-state index in [0.29, 0.717) is 25.8 Å². The number of nitrogens with one attached hydrogen (secondary N) is 1. The summed E-state index contributed by atoms with van der Waals surface area (Å²) in [5.74, 6) is -1.28. The van der Waals surface area contributed by atoms with Crippen LogP contribution in [0.1, 0.15) is 25.7 Å². The Hall–Kier alpha value is -1.36. The smallest absolute Gasteiger partial charge is 0.326 e. The molecule has 0 saturated carbocycles. The molecule has 1 amide bonds. The van der Waals surface area contributed by atoms with Gasteiger partial charge in [-0.2, -0.15) is 0 Å². The van der Waals surface area contributed by atoms with Crippen molar-refractivity contribution in [1.82, 2.24) is 5.32 Å². The van der Waals surface area contributed by atoms with Gasteiger partial charge in [-0.25, -0.2) is 4.79 Å². The molecular formula is C10H18N2O3. The highest BCUT2D eigenvalue weighted by molar-refractivity contribution is 5.83. The van der Waals surface area contributed by atoms with E-state index in [1.807, 2.05) is 0 Å². The van der Waals surface area contributed by atoms with Gasteiger partial charge in [0.15, 0.2) is 0 Å². The second-order valence-corrected chi connectivity index (χ2v) is 3.22. The summed E-state index contributed by atoms with van der Waals surface area (Å²) in [6.45, 7) is 3.91. The standard InChI is InChI=1S/C10H18N2O3/c1-2-3-6-9(13)12-8(10(14)15)5-4-7-11/h2,8H,1,3-7,11H2,(H,12,13)(H,14,15)/t8-/m0/s1. The molecule has 0 spiro atoms. The van der Waals surface area contributed by atoms with Crippen LogP contribution in [0.25, 0.3) is 0 Å². The van der Waals surface area contributed by atoms with Crippen molar-refractivity contribution in [2.24, 2.45) is 5.73 Å². The minimum atomic E-state index is -1.02. The van der Waals surface area contributed by atoms with Crippen molar-refractivity contribution in [3.05, 3.63) is 12.7 Å². The normalized spacial score (nSPS) is 11.8. The molecule has 0 aliphatic carbocycles. The van der Waals surface area contributed by atoms with E-state index in [-0.39, 0.29) is 12.3 Å². The number of carbonyl (C=O) groups excluding carboxylic acids is 1. The van der Waals surface area contributed by atoms with Crippen LogP contribution in [0.3, 0.4) is 0 Å². The fourth-order valence-corrected chi connectivity index (χ4v) is 1.08. The molecule has 0 radical (unpaired) electrons. The van der Waals surface area contributed by atoms with Crippen LogP contribution in [0, 0.1) is 0 Å². The molecule has 0 rings (SSSR count). The molecular weight excluding hydrogens is 196 g/mol. The summed E-state index contributed by atoms with van der Waals surface area (Å²) in [6, 6.07) is -0.828. The molecule has 0 aromatic heterocycles. The minimum Gasteiger partial charge on any atom is -0.480 e. The maximum Gasteiger partial charge on any atom is 0.326 e. The van der Waals surface area contributed by atoms with Crippen molar-refractivity contribution < 1.29 is 14.7 Å². The van der Waals surface area contributed by atoms with Gasteiger partial charge in [-0.05, 0) is 25.8 Å². The van der Waals surface area contributed by atoms with E-state index in [1.54, 1.807) is 6.08 Å². The van der Waals surface area contributed by atoms with Crippen molar-refractivity contribution >= 4 is 11.9 Å². The van der Waals surface area contributed by atoms with E-state index in [1.165, 1.54) is 0 Å². The third-order valence-electron chi connectivity index (χ3n) is 1.91. The van der Waals surface area contributed by atoms with E-state index in [0.717, 1.165) is 0 Å². The topological polar surface area (TPSA) is 92.4 Å². The van der Waals surface area contributed by atoms with Crippen LogP contribution in [0.4, 0.5) is 0 Å². The second-order valence-electron chi connectivity index (χ2n) is 3.22. The van der Waals surface area contributed by atoms with Crippen LogP contribution in [-0.2, 0) is 9.59 Å². The summed E-state index contributed by atoms with van der Waals surface area (Å²) in [7, 11) is 0. The summed E-state index contributed by atoms with van der Waals surface area (Å²) in [5, 5.41) is 11.2. The van der Waals surface area contributed by atoms with Gasteiger partial charge < -0.3 is 16.2 Å². The van der Waals surface area contributed by atoms with Crippen LogP contribution in [0.15, 0.2) is 12.7 Å². The molecule has 0 saturated heterocycles. The summed E-state index contributed by atoms with van der Waals surface area (Å²) in [6.07, 6.45) is 3.39. The van der Waals surface area contributed by atoms with Gasteiger partial charge in [0.1, 0.15) is 6.04 Å². The van der Waals surface area contributed by atoms with Crippen molar-refractivity contribution in [3.8, 4) is 0 Å². The quantitative estimate of drug-likeness (QED) is 0.505. The van der Waals surface area contributed by atoms with Crippen molar-refractivity contribution in [3.63, 3.8) is 0 Å². The van der Waals surface area contributed by atoms with Crippen LogP contribution in [0.5, 0.6) is 0 Å². The fraction of sp³-hybridized carbons (Fsp3) is 0.600. The monoisotopic (exact) mass is 214 g/mol. The molecule has 0 aromatic rings. The lowest BCUT2D eigenvalue weighted by Gasteiger charge is -2.13. The van der Waals surface area contributed by atoms with Gasteiger partial charge in [-0.1, -0.05) is 6.08 Å². The molecule has 0 aliphatic rings. The molecule has 0 bridgehead atoms. The predicted octanol–water partition coefficient (Wildman–Crippen LogP) is 0.261. The van der Waals surface area contributed by atoms with E-state index in [4.69, 9.17) is 10.8 Å². The average molecular weight is 214 g/mol. The average Bonchev–Trinajstić information content (AvgIpc) is 2.20. The number of hydrogen-bond acceptors (Lipinski definition) is 3. The first-order valence-corrected chi connectivity index (χ1v) is 4.95. The molecule has 0 unspecified atom stereocenters. The van der Waals surface area contributed by atoms with Crippen LogP contribution in [-0.4, -0.2) is 29.6 Å². The van der Waals surface area contributed by atoms with Crippen LogP contribution in [0.2, 0.25) is 0 Å². The number of allylic oxidation sites excluding steroid dienone is 1. The molecule has 0 heterocycles. The maximum absolute atomic E-state index is 11.2. The van der Waals surface area contributed by atoms with Gasteiger partial charge in [0, 0.05) is 6.42 Å². The lowest BCUT2D eigenvalue weighted by molar-refractivity contribution is -0.142. The Labute approximate surface area is 89.3 Å². The van der Waals surface area contributed by atoms with E-state index in [2.05, 4.69) is 11.9 Å². The minimum absolute atomic E-state index is 0.265. The number of rotatable bonds is 8. The first-order valence-electron chi connectivity index (χ1n) is 4.95. The Morgan fingerprint density at radius 2 is 2.20 bits per heavy atom. The number of hydrogen-bond donors (Lipinski definition) is 3. The number of amides is 1. The Kier molecular flexibility index (Phi) is 7.27. The number of carboxylic acid groups (broad SMARTS) is 1. The zero-order valence-electron chi connectivity index (χ0n) is 8.74. The van der Waals surface area contributed by atoms with E-state index in [9.17, 15) is 9.59 Å². The van der Waals surface area contributed by atoms with Gasteiger partial charge in [-0.15, -0.1) is 6.58 Å². The summed E-state index contributed by atoms with van der Waals surface area (Å²) in [4.78, 5) is 22.0. The van der Waals surface area contributed by atoms with E-state index < -0.39 is 12.0 Å². The van der Waals surface area contributed by atoms with Crippen LogP contribution >= 0.6 is 0 Å². The zero-order chi connectivity index (χ0) is 11.7. The Morgan fingerprint density at radius 1 is 1.53 bits per heavy atom. The molecule has 0 aliphatic heterocycles. The highest BCUT2D eigenvalue weighted by Crippen LogP contribution is 1.98. The molecule has 0 fully saturated rings. The molecule has 86 valence electrons. The third kappa shape index (κ3) is 6.68. The number of carbonyl (C=O) groups is 2.